The zero-order valence-electron chi connectivity index (χ0n) is 19.5. The van der Waals surface area contributed by atoms with E-state index in [2.05, 4.69) is 5.32 Å². The highest BCUT2D eigenvalue weighted by atomic mass is 16.5. The van der Waals surface area contributed by atoms with Crippen LogP contribution in [-0.2, 0) is 4.79 Å². The number of ketones is 1. The molecule has 0 bridgehead atoms. The molecule has 3 aromatic rings. The van der Waals surface area contributed by atoms with E-state index in [4.69, 9.17) is 29.0 Å². The summed E-state index contributed by atoms with van der Waals surface area (Å²) >= 11 is 0. The Hall–Kier alpha value is -4.01. The Morgan fingerprint density at radius 1 is 0.971 bits per heavy atom. The van der Waals surface area contributed by atoms with Gasteiger partial charge in [-0.25, -0.2) is 4.68 Å². The van der Waals surface area contributed by atoms with Crippen LogP contribution in [0.15, 0.2) is 47.7 Å². The number of fused-ring (bicyclic) bond motifs is 1. The number of methoxy groups -OCH3 is 4. The summed E-state index contributed by atoms with van der Waals surface area (Å²) in [5, 5.41) is 8.19. The molecule has 34 heavy (non-hydrogen) atoms. The van der Waals surface area contributed by atoms with Crippen LogP contribution < -0.4 is 24.3 Å². The number of allylic oxidation sites excluding steroid dienone is 2. The van der Waals surface area contributed by atoms with E-state index in [1.807, 2.05) is 30.3 Å². The molecule has 1 atom stereocenters. The average Bonchev–Trinajstić information content (AvgIpc) is 3.30. The summed E-state index contributed by atoms with van der Waals surface area (Å²) in [5.41, 5.74) is 3.08. The molecule has 1 aliphatic carbocycles. The van der Waals surface area contributed by atoms with Gasteiger partial charge in [-0.2, -0.15) is 4.98 Å². The van der Waals surface area contributed by atoms with Crippen molar-refractivity contribution in [2.45, 2.75) is 25.3 Å². The standard InChI is InChI=1S/C25H26N4O5/c1-31-15-11-14(12-16(13-15)32-2)24-27-25-26-18-8-6-9-19(30)21(18)22(29(25)28-24)17-7-5-10-20(33-3)23(17)34-4/h5,7,10-13,22H,6,8-9H2,1-4H3,(H,26,27,28)/t22-/m1/s1. The number of para-hydroxylation sites is 1. The molecule has 0 spiro atoms. The monoisotopic (exact) mass is 462 g/mol. The van der Waals surface area contributed by atoms with E-state index in [1.165, 1.54) is 0 Å². The lowest BCUT2D eigenvalue weighted by atomic mass is 9.85. The van der Waals surface area contributed by atoms with Gasteiger partial charge < -0.3 is 24.3 Å². The van der Waals surface area contributed by atoms with Crippen molar-refractivity contribution in [2.24, 2.45) is 0 Å². The molecule has 2 aromatic carbocycles. The topological polar surface area (TPSA) is 96.7 Å². The molecular weight excluding hydrogens is 436 g/mol. The van der Waals surface area contributed by atoms with Gasteiger partial charge in [-0.05, 0) is 31.0 Å². The lowest BCUT2D eigenvalue weighted by molar-refractivity contribution is -0.116. The highest BCUT2D eigenvalue weighted by Gasteiger charge is 2.38. The number of hydrogen-bond acceptors (Lipinski definition) is 8. The molecule has 0 saturated heterocycles. The third-order valence-corrected chi connectivity index (χ3v) is 6.21. The first-order valence-electron chi connectivity index (χ1n) is 11.0. The molecule has 2 aliphatic rings. The van der Waals surface area contributed by atoms with Crippen molar-refractivity contribution in [3.05, 3.63) is 53.2 Å². The highest BCUT2D eigenvalue weighted by molar-refractivity contribution is 5.99. The summed E-state index contributed by atoms with van der Waals surface area (Å²) < 4.78 is 23.8. The Bertz CT molecular complexity index is 1270. The van der Waals surface area contributed by atoms with E-state index in [1.54, 1.807) is 39.2 Å². The molecule has 1 N–H and O–H groups in total. The number of carbonyl (C=O) groups excluding carboxylic acids is 1. The Morgan fingerprint density at radius 2 is 1.74 bits per heavy atom. The zero-order valence-corrected chi connectivity index (χ0v) is 19.5. The van der Waals surface area contributed by atoms with Crippen molar-refractivity contribution in [3.63, 3.8) is 0 Å². The molecule has 0 radical (unpaired) electrons. The van der Waals surface area contributed by atoms with E-state index in [0.717, 1.165) is 29.7 Å². The van der Waals surface area contributed by atoms with E-state index in [-0.39, 0.29) is 5.78 Å². The van der Waals surface area contributed by atoms with Crippen LogP contribution in [0, 0.1) is 0 Å². The highest BCUT2D eigenvalue weighted by Crippen LogP contribution is 2.45. The van der Waals surface area contributed by atoms with Crippen molar-refractivity contribution in [1.82, 2.24) is 14.8 Å². The van der Waals surface area contributed by atoms with Crippen LogP contribution in [0.4, 0.5) is 5.95 Å². The first-order chi connectivity index (χ1) is 16.6. The number of carbonyl (C=O) groups is 1. The fourth-order valence-corrected chi connectivity index (χ4v) is 4.63. The normalized spacial score (nSPS) is 16.9. The molecule has 1 aliphatic heterocycles. The maximum atomic E-state index is 13.2. The van der Waals surface area contributed by atoms with E-state index in [9.17, 15) is 4.79 Å². The van der Waals surface area contributed by atoms with Gasteiger partial charge in [0.25, 0.3) is 0 Å². The second-order valence-corrected chi connectivity index (χ2v) is 8.08. The summed E-state index contributed by atoms with van der Waals surface area (Å²) in [4.78, 5) is 17.9. The van der Waals surface area contributed by atoms with Gasteiger partial charge in [-0.15, -0.1) is 5.10 Å². The third kappa shape index (κ3) is 3.53. The lowest BCUT2D eigenvalue weighted by Gasteiger charge is -2.32. The Kier molecular flexibility index (Phi) is 5.61. The summed E-state index contributed by atoms with van der Waals surface area (Å²) in [7, 11) is 6.38. The maximum Gasteiger partial charge on any atom is 0.226 e. The number of benzene rings is 2. The predicted octanol–water partition coefficient (Wildman–Crippen LogP) is 4.00. The molecule has 0 unspecified atom stereocenters. The molecule has 0 fully saturated rings. The van der Waals surface area contributed by atoms with Gasteiger partial charge >= 0.3 is 0 Å². The van der Waals surface area contributed by atoms with Gasteiger partial charge in [0, 0.05) is 34.9 Å². The van der Waals surface area contributed by atoms with Crippen molar-refractivity contribution < 1.29 is 23.7 Å². The number of rotatable bonds is 6. The van der Waals surface area contributed by atoms with Gasteiger partial charge in [0.1, 0.15) is 17.5 Å². The summed E-state index contributed by atoms with van der Waals surface area (Å²) in [6, 6.07) is 10.6. The lowest BCUT2D eigenvalue weighted by Crippen LogP contribution is -2.31. The van der Waals surface area contributed by atoms with Gasteiger partial charge in [-0.3, -0.25) is 4.79 Å². The van der Waals surface area contributed by atoms with Crippen molar-refractivity contribution in [1.29, 1.82) is 0 Å². The van der Waals surface area contributed by atoms with Gasteiger partial charge in [0.05, 0.1) is 28.4 Å². The molecule has 9 heteroatoms. The molecular formula is C25H26N4O5. The SMILES string of the molecule is COc1cc(OC)cc(-c2nc3n(n2)[C@H](c2cccc(OC)c2OC)C2=C(CCCC2=O)N3)c1. The third-order valence-electron chi connectivity index (χ3n) is 6.21. The fraction of sp³-hybridized carbons (Fsp3) is 0.320. The number of nitrogens with zero attached hydrogens (tertiary/aromatic N) is 3. The van der Waals surface area contributed by atoms with Gasteiger partial charge in [0.15, 0.2) is 23.1 Å². The van der Waals surface area contributed by atoms with E-state index >= 15 is 0 Å². The Labute approximate surface area is 197 Å². The second kappa shape index (κ2) is 8.74. The molecule has 176 valence electrons. The van der Waals surface area contributed by atoms with Gasteiger partial charge in [0.2, 0.25) is 5.95 Å². The van der Waals surface area contributed by atoms with Crippen molar-refractivity contribution >= 4 is 11.7 Å². The summed E-state index contributed by atoms with van der Waals surface area (Å²) in [6.45, 7) is 0. The number of nitrogens with one attached hydrogen (secondary N) is 1. The number of hydrogen-bond donors (Lipinski definition) is 1. The molecule has 9 nitrogen and oxygen atoms in total. The number of aromatic nitrogens is 3. The van der Waals surface area contributed by atoms with Crippen LogP contribution in [0.5, 0.6) is 23.0 Å². The van der Waals surface area contributed by atoms with E-state index < -0.39 is 6.04 Å². The van der Waals surface area contributed by atoms with Crippen LogP contribution in [0.3, 0.4) is 0 Å². The minimum absolute atomic E-state index is 0.0920. The van der Waals surface area contributed by atoms with Crippen molar-refractivity contribution in [2.75, 3.05) is 33.8 Å². The number of Topliss-reactive ketones (excluding diaryl/α,β-unsaturated/α-hetero) is 1. The van der Waals surface area contributed by atoms with Crippen molar-refractivity contribution in [3.8, 4) is 34.4 Å². The molecule has 5 rings (SSSR count). The van der Waals surface area contributed by atoms with E-state index in [0.29, 0.717) is 46.8 Å². The quantitative estimate of drug-likeness (QED) is 0.587. The number of anilines is 1. The number of ether oxygens (including phenoxy) is 4. The maximum absolute atomic E-state index is 13.2. The van der Waals surface area contributed by atoms with Crippen LogP contribution in [0.25, 0.3) is 11.4 Å². The Morgan fingerprint density at radius 3 is 2.41 bits per heavy atom. The first kappa shape index (κ1) is 21.8. The summed E-state index contributed by atoms with van der Waals surface area (Å²) in [6.07, 6.45) is 2.05. The van der Waals surface area contributed by atoms with Crippen LogP contribution in [0.1, 0.15) is 30.9 Å². The Balaban J connectivity index is 1.71. The largest absolute Gasteiger partial charge is 0.497 e. The molecule has 0 saturated carbocycles. The minimum Gasteiger partial charge on any atom is -0.497 e. The van der Waals surface area contributed by atoms with Gasteiger partial charge in [-0.1, -0.05) is 12.1 Å². The molecule has 1 aromatic heterocycles. The van der Waals surface area contributed by atoms with Crippen LogP contribution in [0.2, 0.25) is 0 Å². The van der Waals surface area contributed by atoms with Crippen LogP contribution >= 0.6 is 0 Å². The molecule has 2 heterocycles. The smallest absolute Gasteiger partial charge is 0.226 e. The van der Waals surface area contributed by atoms with Crippen LogP contribution in [-0.4, -0.2) is 49.0 Å². The fourth-order valence-electron chi connectivity index (χ4n) is 4.63. The predicted molar refractivity (Wildman–Crippen MR) is 126 cm³/mol. The average molecular weight is 463 g/mol. The minimum atomic E-state index is -0.502. The molecule has 0 amide bonds. The second-order valence-electron chi connectivity index (χ2n) is 8.08. The summed E-state index contributed by atoms with van der Waals surface area (Å²) in [5.74, 6) is 3.55. The zero-order chi connectivity index (χ0) is 23.8. The first-order valence-corrected chi connectivity index (χ1v) is 11.0.